The van der Waals surface area contributed by atoms with Crippen LogP contribution in [0.25, 0.3) is 0 Å². The largest absolute Gasteiger partial charge is 0.480 e. The van der Waals surface area contributed by atoms with Gasteiger partial charge in [-0.05, 0) is 30.7 Å². The van der Waals surface area contributed by atoms with Crippen LogP contribution in [0.2, 0.25) is 0 Å². The third-order valence-corrected chi connectivity index (χ3v) is 3.15. The van der Waals surface area contributed by atoms with E-state index in [1.807, 2.05) is 6.92 Å². The molecule has 8 heteroatoms. The topological polar surface area (TPSA) is 104 Å². The summed E-state index contributed by atoms with van der Waals surface area (Å²) in [6.07, 6.45) is 1.68. The van der Waals surface area contributed by atoms with Gasteiger partial charge < -0.3 is 10.0 Å². The van der Waals surface area contributed by atoms with Crippen LogP contribution >= 0.6 is 0 Å². The van der Waals surface area contributed by atoms with E-state index in [-0.39, 0.29) is 6.54 Å². The second-order valence-corrected chi connectivity index (χ2v) is 6.32. The van der Waals surface area contributed by atoms with Gasteiger partial charge in [0.15, 0.2) is 0 Å². The Hall–Kier alpha value is -2.09. The Labute approximate surface area is 123 Å². The van der Waals surface area contributed by atoms with Crippen LogP contribution in [-0.4, -0.2) is 49.6 Å². The van der Waals surface area contributed by atoms with Crippen molar-refractivity contribution >= 4 is 27.6 Å². The van der Waals surface area contributed by atoms with E-state index in [2.05, 4.69) is 4.72 Å². The Morgan fingerprint density at radius 3 is 2.24 bits per heavy atom. The predicted octanol–water partition coefficient (Wildman–Crippen LogP) is 0.995. The molecule has 1 amide bonds. The van der Waals surface area contributed by atoms with Crippen LogP contribution in [0.4, 0.5) is 5.69 Å². The van der Waals surface area contributed by atoms with E-state index in [1.54, 1.807) is 0 Å². The van der Waals surface area contributed by atoms with Gasteiger partial charge in [-0.15, -0.1) is 0 Å². The van der Waals surface area contributed by atoms with Crippen LogP contribution in [0.5, 0.6) is 0 Å². The highest BCUT2D eigenvalue weighted by Gasteiger charge is 2.17. The predicted molar refractivity (Wildman–Crippen MR) is 78.7 cm³/mol. The molecule has 7 nitrogen and oxygen atoms in total. The lowest BCUT2D eigenvalue weighted by atomic mass is 10.2. The Morgan fingerprint density at radius 1 is 1.24 bits per heavy atom. The van der Waals surface area contributed by atoms with E-state index in [9.17, 15) is 18.0 Å². The molecule has 0 aliphatic carbocycles. The van der Waals surface area contributed by atoms with Gasteiger partial charge in [0.1, 0.15) is 6.54 Å². The van der Waals surface area contributed by atoms with Gasteiger partial charge in [-0.3, -0.25) is 14.3 Å². The summed E-state index contributed by atoms with van der Waals surface area (Å²) in [4.78, 5) is 24.2. The fraction of sp³-hybridized carbons (Fsp3) is 0.385. The molecular formula is C13H18N2O5S. The monoisotopic (exact) mass is 314 g/mol. The highest BCUT2D eigenvalue weighted by molar-refractivity contribution is 7.92. The van der Waals surface area contributed by atoms with E-state index >= 15 is 0 Å². The van der Waals surface area contributed by atoms with Crippen LogP contribution in [0.3, 0.4) is 0 Å². The Morgan fingerprint density at radius 2 is 1.81 bits per heavy atom. The lowest BCUT2D eigenvalue weighted by molar-refractivity contribution is -0.137. The first-order valence-corrected chi connectivity index (χ1v) is 8.21. The number of carbonyl (C=O) groups excluding carboxylic acids is 1. The molecule has 21 heavy (non-hydrogen) atoms. The zero-order valence-corrected chi connectivity index (χ0v) is 12.7. The van der Waals surface area contributed by atoms with Gasteiger partial charge in [0.2, 0.25) is 10.0 Å². The molecule has 0 aliphatic rings. The number of amides is 1. The lowest BCUT2D eigenvalue weighted by Crippen LogP contribution is -2.36. The van der Waals surface area contributed by atoms with Gasteiger partial charge in [-0.25, -0.2) is 8.42 Å². The van der Waals surface area contributed by atoms with Crippen LogP contribution in [0, 0.1) is 0 Å². The van der Waals surface area contributed by atoms with Gasteiger partial charge in [-0.1, -0.05) is 6.92 Å². The molecular weight excluding hydrogens is 296 g/mol. The Bertz CT molecular complexity index is 610. The number of anilines is 1. The van der Waals surface area contributed by atoms with Crippen LogP contribution in [0.15, 0.2) is 24.3 Å². The van der Waals surface area contributed by atoms with Crippen molar-refractivity contribution in [2.75, 3.05) is 24.1 Å². The highest BCUT2D eigenvalue weighted by Crippen LogP contribution is 2.13. The first-order chi connectivity index (χ1) is 9.73. The van der Waals surface area contributed by atoms with Crippen molar-refractivity contribution in [2.24, 2.45) is 0 Å². The summed E-state index contributed by atoms with van der Waals surface area (Å²) in [7, 11) is -3.37. The summed E-state index contributed by atoms with van der Waals surface area (Å²) in [6, 6.07) is 5.83. The molecule has 0 spiro atoms. The highest BCUT2D eigenvalue weighted by atomic mass is 32.2. The SMILES string of the molecule is CCCN(CC(=O)O)C(=O)c1ccc(NS(C)(=O)=O)cc1. The maximum Gasteiger partial charge on any atom is 0.323 e. The minimum atomic E-state index is -3.37. The average Bonchev–Trinajstić information content (AvgIpc) is 2.36. The average molecular weight is 314 g/mol. The molecule has 0 saturated carbocycles. The molecule has 2 N–H and O–H groups in total. The first-order valence-electron chi connectivity index (χ1n) is 6.32. The van der Waals surface area contributed by atoms with Gasteiger partial charge >= 0.3 is 5.97 Å². The van der Waals surface area contributed by atoms with Crippen molar-refractivity contribution in [3.63, 3.8) is 0 Å². The minimum absolute atomic E-state index is 0.309. The number of aliphatic carboxylic acids is 1. The standard InChI is InChI=1S/C13H18N2O5S/c1-3-8-15(9-12(16)17)13(18)10-4-6-11(7-5-10)14-21(2,19)20/h4-7,14H,3,8-9H2,1-2H3,(H,16,17). The van der Waals surface area contributed by atoms with Crippen molar-refractivity contribution in [1.29, 1.82) is 0 Å². The van der Waals surface area contributed by atoms with Gasteiger partial charge in [-0.2, -0.15) is 0 Å². The van der Waals surface area contributed by atoms with Crippen molar-refractivity contribution < 1.29 is 23.1 Å². The summed E-state index contributed by atoms with van der Waals surface area (Å²) in [5.74, 6) is -1.47. The van der Waals surface area contributed by atoms with Crippen molar-refractivity contribution in [3.8, 4) is 0 Å². The minimum Gasteiger partial charge on any atom is -0.480 e. The zero-order chi connectivity index (χ0) is 16.0. The zero-order valence-electron chi connectivity index (χ0n) is 11.9. The van der Waals surface area contributed by atoms with Crippen molar-refractivity contribution in [2.45, 2.75) is 13.3 Å². The molecule has 0 fully saturated rings. The number of hydrogen-bond acceptors (Lipinski definition) is 4. The number of carboxylic acids is 1. The molecule has 1 rings (SSSR count). The van der Waals surface area contributed by atoms with E-state index in [0.29, 0.717) is 24.2 Å². The molecule has 0 heterocycles. The number of carbonyl (C=O) groups is 2. The summed E-state index contributed by atoms with van der Waals surface area (Å²) >= 11 is 0. The number of sulfonamides is 1. The Balaban J connectivity index is 2.88. The molecule has 0 atom stereocenters. The maximum absolute atomic E-state index is 12.2. The van der Waals surface area contributed by atoms with Crippen LogP contribution < -0.4 is 4.72 Å². The van der Waals surface area contributed by atoms with Crippen molar-refractivity contribution in [1.82, 2.24) is 4.90 Å². The third-order valence-electron chi connectivity index (χ3n) is 2.54. The molecule has 0 radical (unpaired) electrons. The fourth-order valence-corrected chi connectivity index (χ4v) is 2.33. The summed E-state index contributed by atoms with van der Waals surface area (Å²) < 4.78 is 24.5. The fourth-order valence-electron chi connectivity index (χ4n) is 1.76. The number of benzene rings is 1. The normalized spacial score (nSPS) is 11.0. The third kappa shape index (κ3) is 5.82. The maximum atomic E-state index is 12.2. The second kappa shape index (κ2) is 7.07. The quantitative estimate of drug-likeness (QED) is 0.781. The number of carboxylic acid groups (broad SMARTS) is 1. The number of nitrogens with zero attached hydrogens (tertiary/aromatic N) is 1. The number of hydrogen-bond donors (Lipinski definition) is 2. The van der Waals surface area contributed by atoms with E-state index in [1.165, 1.54) is 29.2 Å². The second-order valence-electron chi connectivity index (χ2n) is 4.57. The van der Waals surface area contributed by atoms with Gasteiger partial charge in [0, 0.05) is 17.8 Å². The van der Waals surface area contributed by atoms with Crippen molar-refractivity contribution in [3.05, 3.63) is 29.8 Å². The van der Waals surface area contributed by atoms with Gasteiger partial charge in [0.25, 0.3) is 5.91 Å². The molecule has 1 aromatic rings. The molecule has 0 aliphatic heterocycles. The summed E-state index contributed by atoms with van der Waals surface area (Å²) in [6.45, 7) is 1.83. The van der Waals surface area contributed by atoms with E-state index < -0.39 is 21.9 Å². The molecule has 116 valence electrons. The smallest absolute Gasteiger partial charge is 0.323 e. The van der Waals surface area contributed by atoms with Gasteiger partial charge in [0.05, 0.1) is 6.26 Å². The number of nitrogens with one attached hydrogen (secondary N) is 1. The first kappa shape index (κ1) is 17.0. The summed E-state index contributed by atoms with van der Waals surface area (Å²) in [5, 5.41) is 8.81. The van der Waals surface area contributed by atoms with Crippen LogP contribution in [-0.2, 0) is 14.8 Å². The number of rotatable bonds is 7. The molecule has 0 saturated heterocycles. The molecule has 1 aromatic carbocycles. The summed E-state index contributed by atoms with van der Waals surface area (Å²) in [5.41, 5.74) is 0.651. The Kier molecular flexibility index (Phi) is 5.71. The van der Waals surface area contributed by atoms with Crippen LogP contribution in [0.1, 0.15) is 23.7 Å². The molecule has 0 unspecified atom stereocenters. The lowest BCUT2D eigenvalue weighted by Gasteiger charge is -2.20. The van der Waals surface area contributed by atoms with E-state index in [0.717, 1.165) is 6.26 Å². The van der Waals surface area contributed by atoms with E-state index in [4.69, 9.17) is 5.11 Å². The molecule has 0 bridgehead atoms. The molecule has 0 aromatic heterocycles.